The molecule has 1 rings (SSSR count). The van der Waals surface area contributed by atoms with Crippen molar-refractivity contribution in [3.05, 3.63) is 24.1 Å². The molecule has 0 aromatic rings. The van der Waals surface area contributed by atoms with Gasteiger partial charge in [0, 0.05) is 6.61 Å². The number of carbonyl (C=O) groups is 1. The second kappa shape index (κ2) is 9.14. The van der Waals surface area contributed by atoms with Crippen molar-refractivity contribution in [3.63, 3.8) is 0 Å². The molecule has 2 unspecified atom stereocenters. The Morgan fingerprint density at radius 2 is 2.20 bits per heavy atom. The Morgan fingerprint density at radius 1 is 1.60 bits per heavy atom. The van der Waals surface area contributed by atoms with Gasteiger partial charge in [0.2, 0.25) is 0 Å². The molecule has 0 fully saturated rings. The molecule has 0 heterocycles. The van der Waals surface area contributed by atoms with Crippen LogP contribution in [0.25, 0.3) is 0 Å². The van der Waals surface area contributed by atoms with Crippen LogP contribution in [-0.4, -0.2) is 41.7 Å². The summed E-state index contributed by atoms with van der Waals surface area (Å²) in [6.07, 6.45) is 2.20. The van der Waals surface area contributed by atoms with Gasteiger partial charge in [0.15, 0.2) is 11.8 Å². The van der Waals surface area contributed by atoms with E-state index in [1.54, 1.807) is 0 Å². The molecule has 0 saturated carbocycles. The molecule has 4 N–H and O–H groups in total. The standard InChI is InChI=1S/C12H18N2O4.C2H6/c1-3-9(12(16)17)14-10-5-7(6-15)4-8(13)11(10)18-2;1-2/h3,7,9,15H,1,4-6,13H2,2H3,(H,16,17);1-2H3. The third-order valence-electron chi connectivity index (χ3n) is 2.78. The fourth-order valence-electron chi connectivity index (χ4n) is 1.89. The first-order chi connectivity index (χ1) is 9.53. The van der Waals surface area contributed by atoms with E-state index >= 15 is 0 Å². The summed E-state index contributed by atoms with van der Waals surface area (Å²) in [7, 11) is 1.46. The molecule has 0 bridgehead atoms. The van der Waals surface area contributed by atoms with E-state index in [9.17, 15) is 9.90 Å². The second-order valence-electron chi connectivity index (χ2n) is 4.11. The van der Waals surface area contributed by atoms with Gasteiger partial charge in [0.05, 0.1) is 18.5 Å². The Morgan fingerprint density at radius 3 is 2.60 bits per heavy atom. The number of nitrogens with two attached hydrogens (primary N) is 1. The van der Waals surface area contributed by atoms with E-state index in [0.717, 1.165) is 0 Å². The average molecular weight is 284 g/mol. The van der Waals surface area contributed by atoms with E-state index in [-0.39, 0.29) is 12.5 Å². The summed E-state index contributed by atoms with van der Waals surface area (Å²) >= 11 is 0. The van der Waals surface area contributed by atoms with E-state index in [0.29, 0.717) is 30.0 Å². The molecule has 0 aliphatic heterocycles. The van der Waals surface area contributed by atoms with Crippen LogP contribution in [0, 0.1) is 5.92 Å². The number of aliphatic hydroxyl groups excluding tert-OH is 1. The monoisotopic (exact) mass is 284 g/mol. The maximum atomic E-state index is 10.9. The van der Waals surface area contributed by atoms with Crippen molar-refractivity contribution in [1.29, 1.82) is 0 Å². The predicted octanol–water partition coefficient (Wildman–Crippen LogP) is 1.31. The highest BCUT2D eigenvalue weighted by atomic mass is 16.5. The molecule has 0 radical (unpaired) electrons. The molecule has 0 saturated heterocycles. The van der Waals surface area contributed by atoms with Gasteiger partial charge in [0.1, 0.15) is 0 Å². The lowest BCUT2D eigenvalue weighted by molar-refractivity contribution is -0.137. The topological polar surface area (TPSA) is 105 Å². The van der Waals surface area contributed by atoms with Crippen LogP contribution in [0.5, 0.6) is 0 Å². The Balaban J connectivity index is 0.00000172. The zero-order valence-electron chi connectivity index (χ0n) is 12.3. The molecule has 6 heteroatoms. The molecule has 0 aromatic heterocycles. The Bertz CT molecular complexity index is 402. The summed E-state index contributed by atoms with van der Waals surface area (Å²) in [4.78, 5) is 15.0. The van der Waals surface area contributed by atoms with Crippen LogP contribution in [0.2, 0.25) is 0 Å². The SMILES string of the molecule is C=CC(N=C1CC(CO)CC(N)=C1OC)C(=O)O.CC. The molecule has 0 spiro atoms. The zero-order chi connectivity index (χ0) is 15.7. The minimum Gasteiger partial charge on any atom is -0.493 e. The van der Waals surface area contributed by atoms with Crippen molar-refractivity contribution >= 4 is 11.7 Å². The van der Waals surface area contributed by atoms with Gasteiger partial charge in [-0.3, -0.25) is 4.99 Å². The highest BCUT2D eigenvalue weighted by molar-refractivity contribution is 6.01. The number of aliphatic hydroxyl groups is 1. The van der Waals surface area contributed by atoms with Crippen molar-refractivity contribution in [1.82, 2.24) is 0 Å². The van der Waals surface area contributed by atoms with Gasteiger partial charge in [-0.05, 0) is 18.8 Å². The molecule has 1 aliphatic rings. The lowest BCUT2D eigenvalue weighted by Gasteiger charge is -2.25. The number of rotatable bonds is 5. The van der Waals surface area contributed by atoms with Crippen molar-refractivity contribution in [2.75, 3.05) is 13.7 Å². The minimum atomic E-state index is -1.09. The number of nitrogens with zero attached hydrogens (tertiary/aromatic N) is 1. The molecule has 0 aromatic carbocycles. The van der Waals surface area contributed by atoms with E-state index < -0.39 is 12.0 Å². The highest BCUT2D eigenvalue weighted by Crippen LogP contribution is 2.25. The molecule has 114 valence electrons. The number of ether oxygens (including phenoxy) is 1. The normalized spacial score (nSPS) is 21.8. The lowest BCUT2D eigenvalue weighted by Crippen LogP contribution is -2.28. The van der Waals surface area contributed by atoms with Crippen LogP contribution >= 0.6 is 0 Å². The summed E-state index contributed by atoms with van der Waals surface area (Å²) in [5, 5.41) is 18.1. The summed E-state index contributed by atoms with van der Waals surface area (Å²) in [6, 6.07) is -1.03. The van der Waals surface area contributed by atoms with E-state index in [1.807, 2.05) is 13.8 Å². The quantitative estimate of drug-likeness (QED) is 0.660. The Kier molecular flexibility index (Phi) is 8.31. The summed E-state index contributed by atoms with van der Waals surface area (Å²) in [5.74, 6) is -0.729. The van der Waals surface area contributed by atoms with Crippen molar-refractivity contribution in [2.45, 2.75) is 32.7 Å². The fourth-order valence-corrected chi connectivity index (χ4v) is 1.89. The van der Waals surface area contributed by atoms with E-state index in [4.69, 9.17) is 15.6 Å². The number of allylic oxidation sites excluding steroid dienone is 2. The van der Waals surface area contributed by atoms with Gasteiger partial charge in [-0.2, -0.15) is 0 Å². The Hall–Kier alpha value is -1.82. The van der Waals surface area contributed by atoms with Gasteiger partial charge in [-0.1, -0.05) is 19.9 Å². The second-order valence-corrected chi connectivity index (χ2v) is 4.11. The number of hydrogen-bond donors (Lipinski definition) is 3. The number of methoxy groups -OCH3 is 1. The molecule has 6 nitrogen and oxygen atoms in total. The van der Waals surface area contributed by atoms with Gasteiger partial charge in [0.25, 0.3) is 0 Å². The number of aliphatic carboxylic acids is 1. The third kappa shape index (κ3) is 4.70. The maximum Gasteiger partial charge on any atom is 0.332 e. The average Bonchev–Trinajstić information content (AvgIpc) is 2.45. The van der Waals surface area contributed by atoms with Crippen LogP contribution in [0.1, 0.15) is 26.7 Å². The van der Waals surface area contributed by atoms with Gasteiger partial charge in [-0.25, -0.2) is 4.79 Å². The first-order valence-corrected chi connectivity index (χ1v) is 6.59. The Labute approximate surface area is 119 Å². The largest absolute Gasteiger partial charge is 0.493 e. The minimum absolute atomic E-state index is 0.0253. The third-order valence-corrected chi connectivity index (χ3v) is 2.78. The van der Waals surface area contributed by atoms with Crippen molar-refractivity contribution in [3.8, 4) is 0 Å². The lowest BCUT2D eigenvalue weighted by atomic mass is 9.90. The van der Waals surface area contributed by atoms with Crippen molar-refractivity contribution < 1.29 is 19.7 Å². The smallest absolute Gasteiger partial charge is 0.332 e. The van der Waals surface area contributed by atoms with E-state index in [2.05, 4.69) is 11.6 Å². The first-order valence-electron chi connectivity index (χ1n) is 6.59. The molecular formula is C14H24N2O4. The zero-order valence-corrected chi connectivity index (χ0v) is 12.3. The van der Waals surface area contributed by atoms with Crippen LogP contribution in [0.3, 0.4) is 0 Å². The molecular weight excluding hydrogens is 260 g/mol. The van der Waals surface area contributed by atoms with Crippen molar-refractivity contribution in [2.24, 2.45) is 16.6 Å². The highest BCUT2D eigenvalue weighted by Gasteiger charge is 2.26. The van der Waals surface area contributed by atoms with E-state index in [1.165, 1.54) is 13.2 Å². The number of aliphatic imine (C=N–C) groups is 1. The number of carboxylic acids is 1. The molecule has 20 heavy (non-hydrogen) atoms. The maximum absolute atomic E-state index is 10.9. The summed E-state index contributed by atoms with van der Waals surface area (Å²) < 4.78 is 5.15. The number of hydrogen-bond acceptors (Lipinski definition) is 5. The molecule has 2 atom stereocenters. The van der Waals surface area contributed by atoms with Crippen LogP contribution < -0.4 is 5.73 Å². The number of carboxylic acid groups (broad SMARTS) is 1. The van der Waals surface area contributed by atoms with Gasteiger partial charge >= 0.3 is 5.97 Å². The predicted molar refractivity (Wildman–Crippen MR) is 78.4 cm³/mol. The first kappa shape index (κ1) is 18.2. The van der Waals surface area contributed by atoms with Crippen LogP contribution in [0.4, 0.5) is 0 Å². The van der Waals surface area contributed by atoms with Crippen LogP contribution in [0.15, 0.2) is 29.1 Å². The summed E-state index contributed by atoms with van der Waals surface area (Å²) in [6.45, 7) is 7.41. The van der Waals surface area contributed by atoms with Gasteiger partial charge in [-0.15, -0.1) is 6.58 Å². The fraction of sp³-hybridized carbons (Fsp3) is 0.571. The van der Waals surface area contributed by atoms with Gasteiger partial charge < -0.3 is 20.7 Å². The van der Waals surface area contributed by atoms with Crippen LogP contribution in [-0.2, 0) is 9.53 Å². The molecule has 1 aliphatic carbocycles. The summed E-state index contributed by atoms with van der Waals surface area (Å²) in [5.41, 5.74) is 6.78. The molecule has 0 amide bonds.